The van der Waals surface area contributed by atoms with E-state index >= 15 is 0 Å². The van der Waals surface area contributed by atoms with E-state index in [9.17, 15) is 4.79 Å². The Bertz CT molecular complexity index is 934. The maximum atomic E-state index is 12.5. The predicted octanol–water partition coefficient (Wildman–Crippen LogP) is 3.54. The average Bonchev–Trinajstić information content (AvgIpc) is 2.73. The Hall–Kier alpha value is -2.61. The number of fused-ring (bicyclic) bond motifs is 1. The summed E-state index contributed by atoms with van der Waals surface area (Å²) >= 11 is 6.43. The highest BCUT2D eigenvalue weighted by atomic mass is 35.5. The minimum atomic E-state index is -0.215. The number of carbonyl (C=O) groups is 1. The molecule has 0 bridgehead atoms. The second-order valence-corrected chi connectivity index (χ2v) is 7.32. The fourth-order valence-corrected chi connectivity index (χ4v) is 3.96. The van der Waals surface area contributed by atoms with Crippen molar-refractivity contribution >= 4 is 28.5 Å². The number of piperidine rings is 1. The summed E-state index contributed by atoms with van der Waals surface area (Å²) in [6, 6.07) is 3.40. The van der Waals surface area contributed by atoms with Gasteiger partial charge in [0, 0.05) is 42.4 Å². The first kappa shape index (κ1) is 21.1. The van der Waals surface area contributed by atoms with Crippen molar-refractivity contribution in [3.05, 3.63) is 39.4 Å². The Kier molecular flexibility index (Phi) is 7.09. The zero-order valence-corrected chi connectivity index (χ0v) is 17.2. The van der Waals surface area contributed by atoms with Crippen LogP contribution in [-0.2, 0) is 16.0 Å². The highest BCUT2D eigenvalue weighted by Crippen LogP contribution is 2.29. The molecule has 0 N–H and O–H groups in total. The van der Waals surface area contributed by atoms with Crippen molar-refractivity contribution in [1.29, 1.82) is 0 Å². The van der Waals surface area contributed by atoms with Gasteiger partial charge in [0.1, 0.15) is 6.61 Å². The van der Waals surface area contributed by atoms with Crippen LogP contribution in [0.5, 0.6) is 5.88 Å². The molecular weight excluding hydrogens is 396 g/mol. The first-order chi connectivity index (χ1) is 14.1. The van der Waals surface area contributed by atoms with Gasteiger partial charge in [-0.25, -0.2) is 4.98 Å². The molecule has 2 aromatic heterocycles. The van der Waals surface area contributed by atoms with E-state index in [1.165, 1.54) is 7.11 Å². The molecule has 29 heavy (non-hydrogen) atoms. The molecule has 1 aliphatic rings. The summed E-state index contributed by atoms with van der Waals surface area (Å²) in [6.45, 7) is 0.394. The third-order valence-corrected chi connectivity index (χ3v) is 5.49. The molecule has 2 aromatic rings. The summed E-state index contributed by atoms with van der Waals surface area (Å²) in [6.07, 6.45) is 4.44. The molecule has 1 fully saturated rings. The van der Waals surface area contributed by atoms with Gasteiger partial charge in [0.2, 0.25) is 11.8 Å². The number of rotatable bonds is 7. The summed E-state index contributed by atoms with van der Waals surface area (Å²) in [5.74, 6) is 0.385. The molecular formula is C19H23ClN6O3. The zero-order valence-electron chi connectivity index (χ0n) is 16.4. The molecule has 0 spiro atoms. The minimum Gasteiger partial charge on any atom is -0.481 e. The molecule has 10 heteroatoms. The van der Waals surface area contributed by atoms with Crippen LogP contribution < -0.4 is 4.74 Å². The van der Waals surface area contributed by atoms with E-state index in [0.717, 1.165) is 23.9 Å². The van der Waals surface area contributed by atoms with Crippen molar-refractivity contribution < 1.29 is 14.3 Å². The maximum Gasteiger partial charge on any atom is 0.248 e. The van der Waals surface area contributed by atoms with Crippen LogP contribution in [0.2, 0.25) is 5.02 Å². The third-order valence-electron chi connectivity index (χ3n) is 5.16. The highest BCUT2D eigenvalue weighted by molar-refractivity contribution is 6.32. The molecule has 154 valence electrons. The van der Waals surface area contributed by atoms with Gasteiger partial charge in [-0.1, -0.05) is 16.7 Å². The first-order valence-electron chi connectivity index (χ1n) is 9.38. The average molecular weight is 419 g/mol. The Labute approximate surface area is 173 Å². The third kappa shape index (κ3) is 4.87. The van der Waals surface area contributed by atoms with Gasteiger partial charge in [0.25, 0.3) is 0 Å². The van der Waals surface area contributed by atoms with Crippen LogP contribution in [0, 0.1) is 0 Å². The second kappa shape index (κ2) is 9.73. The quantitative estimate of drug-likeness (QED) is 0.387. The number of aromatic nitrogens is 2. The molecule has 2 atom stereocenters. The lowest BCUT2D eigenvalue weighted by Crippen LogP contribution is -2.49. The van der Waals surface area contributed by atoms with E-state index in [0.29, 0.717) is 35.8 Å². The topological polar surface area (TPSA) is 113 Å². The van der Waals surface area contributed by atoms with Gasteiger partial charge in [0.15, 0.2) is 0 Å². The van der Waals surface area contributed by atoms with Crippen molar-refractivity contribution in [2.75, 3.05) is 27.4 Å². The lowest BCUT2D eigenvalue weighted by molar-refractivity contribution is -0.139. The molecule has 3 heterocycles. The van der Waals surface area contributed by atoms with E-state index in [1.54, 1.807) is 24.3 Å². The van der Waals surface area contributed by atoms with Crippen LogP contribution in [0.15, 0.2) is 23.4 Å². The predicted molar refractivity (Wildman–Crippen MR) is 109 cm³/mol. The largest absolute Gasteiger partial charge is 0.481 e. The van der Waals surface area contributed by atoms with Crippen LogP contribution in [0.3, 0.4) is 0 Å². The molecule has 9 nitrogen and oxygen atoms in total. The SMILES string of the molecule is COCC(=O)N1C[C@@H](N=[N+]=[N-])CC[C@@H]1CCc1c(Cl)cnc2ccc(OC)nc12. The minimum absolute atomic E-state index is 0.00279. The Morgan fingerprint density at radius 1 is 1.41 bits per heavy atom. The van der Waals surface area contributed by atoms with Crippen LogP contribution in [0.25, 0.3) is 21.5 Å². The smallest absolute Gasteiger partial charge is 0.248 e. The molecule has 0 radical (unpaired) electrons. The zero-order chi connectivity index (χ0) is 20.8. The van der Waals surface area contributed by atoms with E-state index in [2.05, 4.69) is 20.0 Å². The van der Waals surface area contributed by atoms with E-state index in [4.69, 9.17) is 26.6 Å². The number of aryl methyl sites for hydroxylation is 1. The molecule has 1 aliphatic heterocycles. The molecule has 1 amide bonds. The molecule has 3 rings (SSSR count). The first-order valence-corrected chi connectivity index (χ1v) is 9.76. The van der Waals surface area contributed by atoms with Crippen LogP contribution >= 0.6 is 11.6 Å². The Morgan fingerprint density at radius 3 is 2.97 bits per heavy atom. The maximum absolute atomic E-state index is 12.5. The van der Waals surface area contributed by atoms with E-state index in [1.807, 2.05) is 6.07 Å². The number of carbonyl (C=O) groups excluding carboxylic acids is 1. The van der Waals surface area contributed by atoms with Gasteiger partial charge in [-0.2, -0.15) is 0 Å². The fraction of sp³-hybridized carbons (Fsp3) is 0.526. The highest BCUT2D eigenvalue weighted by Gasteiger charge is 2.31. The number of amides is 1. The summed E-state index contributed by atoms with van der Waals surface area (Å²) < 4.78 is 10.3. The molecule has 1 saturated heterocycles. The monoisotopic (exact) mass is 418 g/mol. The van der Waals surface area contributed by atoms with Gasteiger partial charge >= 0.3 is 0 Å². The summed E-state index contributed by atoms with van der Waals surface area (Å²) in [4.78, 5) is 26.0. The number of azide groups is 1. The van der Waals surface area contributed by atoms with Gasteiger partial charge in [-0.15, -0.1) is 0 Å². The summed E-state index contributed by atoms with van der Waals surface area (Å²) in [7, 11) is 3.05. The standard InChI is InChI=1S/C19H23ClN6O3/c1-28-11-18(27)26-10-12(24-25-21)3-4-13(26)5-6-14-15(20)9-22-16-7-8-17(29-2)23-19(14)16/h7-9,12-13H,3-6,10-11H2,1-2H3/t12-,13+/m0/s1. The number of pyridine rings is 2. The Balaban J connectivity index is 1.82. The lowest BCUT2D eigenvalue weighted by atomic mass is 9.93. The normalized spacial score (nSPS) is 19.1. The number of halogens is 1. The summed E-state index contributed by atoms with van der Waals surface area (Å²) in [5, 5.41) is 4.33. The van der Waals surface area contributed by atoms with Gasteiger partial charge in [-0.3, -0.25) is 9.78 Å². The number of ether oxygens (including phenoxy) is 2. The lowest BCUT2D eigenvalue weighted by Gasteiger charge is -2.38. The molecule has 0 saturated carbocycles. The van der Waals surface area contributed by atoms with Crippen LogP contribution in [0.4, 0.5) is 0 Å². The van der Waals surface area contributed by atoms with Crippen LogP contribution in [0.1, 0.15) is 24.8 Å². The van der Waals surface area contributed by atoms with Crippen molar-refractivity contribution in [2.24, 2.45) is 5.11 Å². The number of nitrogens with zero attached hydrogens (tertiary/aromatic N) is 6. The number of hydrogen-bond donors (Lipinski definition) is 0. The van der Waals surface area contributed by atoms with Crippen molar-refractivity contribution in [1.82, 2.24) is 14.9 Å². The van der Waals surface area contributed by atoms with E-state index < -0.39 is 0 Å². The van der Waals surface area contributed by atoms with Gasteiger partial charge < -0.3 is 14.4 Å². The number of methoxy groups -OCH3 is 2. The second-order valence-electron chi connectivity index (χ2n) is 6.91. The van der Waals surface area contributed by atoms with Gasteiger partial charge in [0.05, 0.1) is 29.2 Å². The van der Waals surface area contributed by atoms with Crippen LogP contribution in [-0.4, -0.2) is 60.2 Å². The van der Waals surface area contributed by atoms with Crippen molar-refractivity contribution in [2.45, 2.75) is 37.8 Å². The van der Waals surface area contributed by atoms with E-state index in [-0.39, 0.29) is 24.6 Å². The molecule has 0 aliphatic carbocycles. The number of hydrogen-bond acceptors (Lipinski definition) is 6. The fourth-order valence-electron chi connectivity index (χ4n) is 3.73. The molecule has 0 aromatic carbocycles. The number of likely N-dealkylation sites (tertiary alicyclic amines) is 1. The molecule has 0 unspecified atom stereocenters. The van der Waals surface area contributed by atoms with Crippen molar-refractivity contribution in [3.63, 3.8) is 0 Å². The Morgan fingerprint density at radius 2 is 2.24 bits per heavy atom. The summed E-state index contributed by atoms with van der Waals surface area (Å²) in [5.41, 5.74) is 11.1. The van der Waals surface area contributed by atoms with Crippen molar-refractivity contribution in [3.8, 4) is 5.88 Å². The van der Waals surface area contributed by atoms with Gasteiger partial charge in [-0.05, 0) is 37.3 Å².